The highest BCUT2D eigenvalue weighted by molar-refractivity contribution is 6.63. The highest BCUT2D eigenvalue weighted by Gasteiger charge is 2.18. The number of hydrogen-bond donors (Lipinski definition) is 1. The van der Waals surface area contributed by atoms with E-state index in [1.165, 1.54) is 26.2 Å². The second kappa shape index (κ2) is 7.04. The summed E-state index contributed by atoms with van der Waals surface area (Å²) in [5.41, 5.74) is -0.521. The first-order valence-corrected chi connectivity index (χ1v) is 6.09. The number of hydrogen-bond acceptors (Lipinski definition) is 4. The van der Waals surface area contributed by atoms with Gasteiger partial charge in [-0.1, -0.05) is 24.4 Å². The maximum atomic E-state index is 11.0. The van der Waals surface area contributed by atoms with Crippen molar-refractivity contribution in [1.82, 2.24) is 0 Å². The number of carbonyl (C=O) groups is 2. The zero-order valence-electron chi connectivity index (χ0n) is 10.1. The Labute approximate surface area is 101 Å². The molecule has 1 aliphatic rings. The van der Waals surface area contributed by atoms with Crippen molar-refractivity contribution in [3.8, 4) is 0 Å². The smallest absolute Gasteiger partial charge is 0.361 e. The minimum Gasteiger partial charge on any atom is -0.476 e. The maximum absolute atomic E-state index is 11.0. The fraction of sp³-hybridized carbons (Fsp3) is 0.750. The van der Waals surface area contributed by atoms with Crippen molar-refractivity contribution in [2.45, 2.75) is 58.0 Å². The number of carboxylic acids is 1. The summed E-state index contributed by atoms with van der Waals surface area (Å²) in [5.74, 6) is -1.91. The fourth-order valence-electron chi connectivity index (χ4n) is 1.91. The molecule has 0 amide bonds. The van der Waals surface area contributed by atoms with E-state index >= 15 is 0 Å². The summed E-state index contributed by atoms with van der Waals surface area (Å²) in [6, 6.07) is 0. The summed E-state index contributed by atoms with van der Waals surface area (Å²) >= 11 is 0. The van der Waals surface area contributed by atoms with Gasteiger partial charge in [0, 0.05) is 6.92 Å². The molecule has 0 aromatic heterocycles. The minimum atomic E-state index is -1.33. The molecule has 0 unspecified atom stereocenters. The molecule has 0 bridgehead atoms. The lowest BCUT2D eigenvalue weighted by atomic mass is 9.99. The predicted octanol–water partition coefficient (Wildman–Crippen LogP) is 2.15. The van der Waals surface area contributed by atoms with Crippen LogP contribution < -0.4 is 0 Å². The topological polar surface area (TPSA) is 76.0 Å². The molecule has 5 heteroatoms. The molecule has 17 heavy (non-hydrogen) atoms. The molecule has 0 atom stereocenters. The van der Waals surface area contributed by atoms with Gasteiger partial charge in [-0.15, -0.1) is 0 Å². The Balaban J connectivity index is 2.53. The first kappa shape index (κ1) is 13.7. The summed E-state index contributed by atoms with van der Waals surface area (Å²) < 4.78 is 0. The van der Waals surface area contributed by atoms with Crippen LogP contribution in [0.25, 0.3) is 0 Å². The van der Waals surface area contributed by atoms with Crippen LogP contribution in [0.4, 0.5) is 0 Å². The number of ketones is 1. The van der Waals surface area contributed by atoms with E-state index in [0.29, 0.717) is 0 Å². The van der Waals surface area contributed by atoms with Crippen LogP contribution in [-0.4, -0.2) is 28.7 Å². The van der Waals surface area contributed by atoms with E-state index < -0.39 is 17.5 Å². The number of carbonyl (C=O) groups excluding carboxylic acids is 1. The van der Waals surface area contributed by atoms with Crippen LogP contribution in [-0.2, 0) is 14.4 Å². The second-order valence-electron chi connectivity index (χ2n) is 4.37. The molecule has 1 fully saturated rings. The van der Waals surface area contributed by atoms with E-state index in [9.17, 15) is 9.59 Å². The molecule has 96 valence electrons. The molecule has 1 rings (SSSR count). The van der Waals surface area contributed by atoms with Crippen LogP contribution in [0.3, 0.4) is 0 Å². The first-order chi connectivity index (χ1) is 8.11. The number of oxime groups is 1. The highest BCUT2D eigenvalue weighted by Crippen LogP contribution is 2.19. The van der Waals surface area contributed by atoms with Crippen molar-refractivity contribution in [1.29, 1.82) is 0 Å². The van der Waals surface area contributed by atoms with Crippen LogP contribution in [0.2, 0.25) is 0 Å². The molecule has 0 spiro atoms. The van der Waals surface area contributed by atoms with Gasteiger partial charge in [0.25, 0.3) is 0 Å². The van der Waals surface area contributed by atoms with Crippen molar-refractivity contribution in [2.24, 2.45) is 5.16 Å². The zero-order valence-corrected chi connectivity index (χ0v) is 10.1. The van der Waals surface area contributed by atoms with E-state index in [0.717, 1.165) is 25.7 Å². The second-order valence-corrected chi connectivity index (χ2v) is 4.37. The Bertz CT molecular complexity index is 288. The monoisotopic (exact) mass is 241 g/mol. The number of nitrogens with zero attached hydrogens (tertiary/aromatic N) is 1. The first-order valence-electron chi connectivity index (χ1n) is 6.09. The Morgan fingerprint density at radius 1 is 1.12 bits per heavy atom. The Hall–Kier alpha value is -1.39. The molecule has 0 aromatic carbocycles. The molecular formula is C12H19NO4. The lowest BCUT2D eigenvalue weighted by Gasteiger charge is -2.17. The molecule has 0 radical (unpaired) electrons. The molecule has 0 heterocycles. The highest BCUT2D eigenvalue weighted by atomic mass is 16.6. The van der Waals surface area contributed by atoms with Crippen molar-refractivity contribution in [3.05, 3.63) is 0 Å². The average Bonchev–Trinajstić information content (AvgIpc) is 2.19. The number of rotatable bonds is 4. The molecule has 0 saturated heterocycles. The quantitative estimate of drug-likeness (QED) is 0.465. The van der Waals surface area contributed by atoms with Gasteiger partial charge < -0.3 is 9.94 Å². The van der Waals surface area contributed by atoms with Gasteiger partial charge in [0.15, 0.2) is 5.78 Å². The van der Waals surface area contributed by atoms with Crippen LogP contribution in [0, 0.1) is 0 Å². The van der Waals surface area contributed by atoms with E-state index in [1.54, 1.807) is 0 Å². The predicted molar refractivity (Wildman–Crippen MR) is 62.9 cm³/mol. The molecule has 1 N–H and O–H groups in total. The maximum Gasteiger partial charge on any atom is 0.361 e. The largest absolute Gasteiger partial charge is 0.476 e. The molecule has 0 aromatic rings. The van der Waals surface area contributed by atoms with Crippen molar-refractivity contribution < 1.29 is 19.5 Å². The molecule has 1 saturated carbocycles. The fourth-order valence-corrected chi connectivity index (χ4v) is 1.91. The average molecular weight is 241 g/mol. The standard InChI is InChI=1S/C12H19NO4/c1-9(14)11(12(15)16)13-17-10-7-5-3-2-4-6-8-10/h10H,2-8H2,1H3,(H,15,16). The number of carboxylic acid groups (broad SMARTS) is 1. The Morgan fingerprint density at radius 3 is 2.12 bits per heavy atom. The van der Waals surface area contributed by atoms with Crippen LogP contribution in [0.1, 0.15) is 51.9 Å². The van der Waals surface area contributed by atoms with Gasteiger partial charge >= 0.3 is 5.97 Å². The molecular weight excluding hydrogens is 222 g/mol. The summed E-state index contributed by atoms with van der Waals surface area (Å²) in [6.45, 7) is 1.18. The van der Waals surface area contributed by atoms with E-state index in [4.69, 9.17) is 9.94 Å². The third kappa shape index (κ3) is 4.97. The van der Waals surface area contributed by atoms with Gasteiger partial charge in [-0.25, -0.2) is 4.79 Å². The summed E-state index contributed by atoms with van der Waals surface area (Å²) in [7, 11) is 0. The van der Waals surface area contributed by atoms with E-state index in [-0.39, 0.29) is 6.10 Å². The SMILES string of the molecule is CC(=O)C(=NOC1CCCCCCC1)C(=O)O. The molecule has 5 nitrogen and oxygen atoms in total. The van der Waals surface area contributed by atoms with Crippen molar-refractivity contribution >= 4 is 17.5 Å². The normalized spacial score (nSPS) is 19.2. The summed E-state index contributed by atoms with van der Waals surface area (Å²) in [6.07, 6.45) is 7.48. The van der Waals surface area contributed by atoms with E-state index in [2.05, 4.69) is 5.16 Å². The zero-order chi connectivity index (χ0) is 12.7. The van der Waals surface area contributed by atoms with Crippen LogP contribution in [0.15, 0.2) is 5.16 Å². The van der Waals surface area contributed by atoms with Crippen molar-refractivity contribution in [2.75, 3.05) is 0 Å². The van der Waals surface area contributed by atoms with Gasteiger partial charge in [-0.3, -0.25) is 4.79 Å². The molecule has 0 aliphatic heterocycles. The third-order valence-electron chi connectivity index (χ3n) is 2.88. The Morgan fingerprint density at radius 2 is 1.65 bits per heavy atom. The van der Waals surface area contributed by atoms with Crippen LogP contribution >= 0.6 is 0 Å². The van der Waals surface area contributed by atoms with Crippen molar-refractivity contribution in [3.63, 3.8) is 0 Å². The minimum absolute atomic E-state index is 0.0519. The van der Waals surface area contributed by atoms with E-state index in [1.807, 2.05) is 0 Å². The lowest BCUT2D eigenvalue weighted by Crippen LogP contribution is -2.23. The Kier molecular flexibility index (Phi) is 5.66. The molecule has 1 aliphatic carbocycles. The number of aliphatic carboxylic acids is 1. The summed E-state index contributed by atoms with van der Waals surface area (Å²) in [4.78, 5) is 26.9. The lowest BCUT2D eigenvalue weighted by molar-refractivity contribution is -0.130. The van der Waals surface area contributed by atoms with Crippen LogP contribution in [0.5, 0.6) is 0 Å². The van der Waals surface area contributed by atoms with Gasteiger partial charge in [0.05, 0.1) is 0 Å². The van der Waals surface area contributed by atoms with Gasteiger partial charge in [0.2, 0.25) is 5.71 Å². The third-order valence-corrected chi connectivity index (χ3v) is 2.88. The van der Waals surface area contributed by atoms with Gasteiger partial charge in [0.1, 0.15) is 6.10 Å². The number of Topliss-reactive ketones (excluding diaryl/α,β-unsaturated/α-hetero) is 1. The van der Waals surface area contributed by atoms with Gasteiger partial charge in [-0.05, 0) is 25.7 Å². The summed E-state index contributed by atoms with van der Waals surface area (Å²) in [5, 5.41) is 12.2. The van der Waals surface area contributed by atoms with Gasteiger partial charge in [-0.2, -0.15) is 0 Å².